The average molecular weight is 205 g/mol. The van der Waals surface area contributed by atoms with Gasteiger partial charge in [0.25, 0.3) is 0 Å². The van der Waals surface area contributed by atoms with Crippen LogP contribution in [-0.2, 0) is 0 Å². The van der Waals surface area contributed by atoms with Gasteiger partial charge < -0.3 is 10.4 Å². The van der Waals surface area contributed by atoms with Gasteiger partial charge >= 0.3 is 5.97 Å². The Bertz CT molecular complexity index is 387. The molecular weight excluding hydrogens is 190 g/mol. The van der Waals surface area contributed by atoms with E-state index in [1.807, 2.05) is 12.1 Å². The fraction of sp³-hybridized carbons (Fsp3) is 0.417. The molecule has 15 heavy (non-hydrogen) atoms. The van der Waals surface area contributed by atoms with Crippen LogP contribution in [0.3, 0.4) is 0 Å². The van der Waals surface area contributed by atoms with E-state index in [1.54, 1.807) is 6.07 Å². The molecule has 0 aliphatic carbocycles. The van der Waals surface area contributed by atoms with Crippen LogP contribution in [0.5, 0.6) is 0 Å². The molecule has 1 aromatic carbocycles. The van der Waals surface area contributed by atoms with Crippen molar-refractivity contribution in [1.29, 1.82) is 0 Å². The third-order valence-electron chi connectivity index (χ3n) is 2.93. The van der Waals surface area contributed by atoms with Gasteiger partial charge in [0, 0.05) is 12.5 Å². The van der Waals surface area contributed by atoms with Crippen molar-refractivity contribution >= 4 is 11.7 Å². The second-order valence-corrected chi connectivity index (χ2v) is 3.94. The Morgan fingerprint density at radius 3 is 3.07 bits per heavy atom. The highest BCUT2D eigenvalue weighted by atomic mass is 16.4. The number of aromatic carboxylic acids is 1. The zero-order chi connectivity index (χ0) is 10.8. The Morgan fingerprint density at radius 2 is 2.40 bits per heavy atom. The van der Waals surface area contributed by atoms with E-state index < -0.39 is 5.97 Å². The van der Waals surface area contributed by atoms with Crippen molar-refractivity contribution in [2.45, 2.75) is 25.7 Å². The van der Waals surface area contributed by atoms with Gasteiger partial charge in [-0.05, 0) is 18.1 Å². The van der Waals surface area contributed by atoms with E-state index in [0.717, 1.165) is 30.6 Å². The molecule has 0 fully saturated rings. The van der Waals surface area contributed by atoms with Crippen LogP contribution in [0, 0.1) is 0 Å². The van der Waals surface area contributed by atoms with Crippen LogP contribution in [0.2, 0.25) is 0 Å². The van der Waals surface area contributed by atoms with Gasteiger partial charge in [-0.25, -0.2) is 4.79 Å². The third kappa shape index (κ3) is 1.69. The number of anilines is 1. The van der Waals surface area contributed by atoms with Gasteiger partial charge in [0.1, 0.15) is 0 Å². The van der Waals surface area contributed by atoms with Crippen molar-refractivity contribution in [3.05, 3.63) is 29.3 Å². The molecule has 2 N–H and O–H groups in total. The van der Waals surface area contributed by atoms with Crippen molar-refractivity contribution in [2.24, 2.45) is 0 Å². The first-order chi connectivity index (χ1) is 7.24. The number of hydrogen-bond acceptors (Lipinski definition) is 2. The molecule has 0 unspecified atom stereocenters. The summed E-state index contributed by atoms with van der Waals surface area (Å²) in [6.45, 7) is 3.02. The summed E-state index contributed by atoms with van der Waals surface area (Å²) in [5.74, 6) is -0.374. The Balaban J connectivity index is 2.39. The molecule has 0 spiro atoms. The fourth-order valence-corrected chi connectivity index (χ4v) is 2.23. The minimum atomic E-state index is -0.850. The standard InChI is InChI=1S/C12H15NO2/c1-2-4-8-7-13-11-9(8)5-3-6-10(11)12(14)15/h3,5-6,8,13H,2,4,7H2,1H3,(H,14,15)/t8-/m0/s1. The number of fused-ring (bicyclic) bond motifs is 1. The molecule has 3 heteroatoms. The molecule has 0 saturated heterocycles. The minimum Gasteiger partial charge on any atom is -0.478 e. The highest BCUT2D eigenvalue weighted by molar-refractivity contribution is 5.95. The normalized spacial score (nSPS) is 18.3. The minimum absolute atomic E-state index is 0.395. The lowest BCUT2D eigenvalue weighted by molar-refractivity contribution is 0.0698. The number of rotatable bonds is 3. The molecule has 1 heterocycles. The summed E-state index contributed by atoms with van der Waals surface area (Å²) in [4.78, 5) is 11.0. The van der Waals surface area contributed by atoms with Gasteiger partial charge in [-0.1, -0.05) is 25.5 Å². The van der Waals surface area contributed by atoms with Gasteiger partial charge in [0.15, 0.2) is 0 Å². The number of hydrogen-bond donors (Lipinski definition) is 2. The molecule has 1 aromatic rings. The maximum atomic E-state index is 11.0. The SMILES string of the molecule is CCC[C@H]1CNc2c(C(=O)O)cccc21. The zero-order valence-corrected chi connectivity index (χ0v) is 8.79. The van der Waals surface area contributed by atoms with Crippen molar-refractivity contribution in [3.63, 3.8) is 0 Å². The van der Waals surface area contributed by atoms with Crippen LogP contribution in [0.25, 0.3) is 0 Å². The molecule has 0 bridgehead atoms. The predicted octanol–water partition coefficient (Wildman–Crippen LogP) is 2.69. The lowest BCUT2D eigenvalue weighted by Crippen LogP contribution is -2.02. The van der Waals surface area contributed by atoms with E-state index in [1.165, 1.54) is 0 Å². The summed E-state index contributed by atoms with van der Waals surface area (Å²) in [6.07, 6.45) is 2.24. The smallest absolute Gasteiger partial charge is 0.337 e. The monoisotopic (exact) mass is 205 g/mol. The number of carbonyl (C=O) groups is 1. The topological polar surface area (TPSA) is 49.3 Å². The lowest BCUT2D eigenvalue weighted by Gasteiger charge is -2.08. The number of benzene rings is 1. The Morgan fingerprint density at radius 1 is 1.60 bits per heavy atom. The van der Waals surface area contributed by atoms with Crippen molar-refractivity contribution in [3.8, 4) is 0 Å². The van der Waals surface area contributed by atoms with Gasteiger partial charge in [-0.15, -0.1) is 0 Å². The predicted molar refractivity (Wildman–Crippen MR) is 59.5 cm³/mol. The molecule has 1 aliphatic heterocycles. The van der Waals surface area contributed by atoms with E-state index >= 15 is 0 Å². The molecule has 0 radical (unpaired) electrons. The molecule has 2 rings (SSSR count). The first kappa shape index (κ1) is 10.0. The maximum Gasteiger partial charge on any atom is 0.337 e. The van der Waals surface area contributed by atoms with Crippen LogP contribution >= 0.6 is 0 Å². The average Bonchev–Trinajstić information content (AvgIpc) is 2.62. The Kier molecular flexibility index (Phi) is 2.62. The third-order valence-corrected chi connectivity index (χ3v) is 2.93. The van der Waals surface area contributed by atoms with E-state index in [2.05, 4.69) is 12.2 Å². The van der Waals surface area contributed by atoms with E-state index in [9.17, 15) is 4.79 Å². The number of nitrogens with one attached hydrogen (secondary N) is 1. The molecule has 0 aromatic heterocycles. The number of carboxylic acids is 1. The van der Waals surface area contributed by atoms with Gasteiger partial charge in [0.2, 0.25) is 0 Å². The van der Waals surface area contributed by atoms with Crippen molar-refractivity contribution in [2.75, 3.05) is 11.9 Å². The summed E-state index contributed by atoms with van der Waals surface area (Å²) < 4.78 is 0. The van der Waals surface area contributed by atoms with Crippen LogP contribution in [0.15, 0.2) is 18.2 Å². The summed E-state index contributed by atoms with van der Waals surface area (Å²) in [5.41, 5.74) is 2.38. The first-order valence-electron chi connectivity index (χ1n) is 5.34. The second kappa shape index (κ2) is 3.93. The molecule has 80 valence electrons. The summed E-state index contributed by atoms with van der Waals surface area (Å²) >= 11 is 0. The van der Waals surface area contributed by atoms with Crippen LogP contribution in [0.4, 0.5) is 5.69 Å². The quantitative estimate of drug-likeness (QED) is 0.797. The second-order valence-electron chi connectivity index (χ2n) is 3.94. The summed E-state index contributed by atoms with van der Waals surface area (Å²) in [7, 11) is 0. The van der Waals surface area contributed by atoms with E-state index in [-0.39, 0.29) is 0 Å². The van der Waals surface area contributed by atoms with Gasteiger partial charge in [-0.3, -0.25) is 0 Å². The summed E-state index contributed by atoms with van der Waals surface area (Å²) in [5, 5.41) is 12.2. The van der Waals surface area contributed by atoms with Crippen LogP contribution < -0.4 is 5.32 Å². The lowest BCUT2D eigenvalue weighted by atomic mass is 9.95. The first-order valence-corrected chi connectivity index (χ1v) is 5.34. The Hall–Kier alpha value is -1.51. The van der Waals surface area contributed by atoms with Gasteiger partial charge in [0.05, 0.1) is 11.3 Å². The van der Waals surface area contributed by atoms with E-state index in [0.29, 0.717) is 11.5 Å². The Labute approximate surface area is 89.1 Å². The largest absolute Gasteiger partial charge is 0.478 e. The zero-order valence-electron chi connectivity index (χ0n) is 8.79. The number of para-hydroxylation sites is 1. The number of carboxylic acid groups (broad SMARTS) is 1. The van der Waals surface area contributed by atoms with E-state index in [4.69, 9.17) is 5.11 Å². The van der Waals surface area contributed by atoms with Crippen LogP contribution in [0.1, 0.15) is 41.6 Å². The fourth-order valence-electron chi connectivity index (χ4n) is 2.23. The highest BCUT2D eigenvalue weighted by Crippen LogP contribution is 2.36. The molecule has 1 aliphatic rings. The molecule has 0 saturated carbocycles. The maximum absolute atomic E-state index is 11.0. The van der Waals surface area contributed by atoms with Crippen LogP contribution in [-0.4, -0.2) is 17.6 Å². The molecule has 1 atom stereocenters. The summed E-state index contributed by atoms with van der Waals surface area (Å²) in [6, 6.07) is 5.52. The van der Waals surface area contributed by atoms with Gasteiger partial charge in [-0.2, -0.15) is 0 Å². The molecule has 3 nitrogen and oxygen atoms in total. The highest BCUT2D eigenvalue weighted by Gasteiger charge is 2.25. The van der Waals surface area contributed by atoms with Crippen molar-refractivity contribution in [1.82, 2.24) is 0 Å². The van der Waals surface area contributed by atoms with Crippen molar-refractivity contribution < 1.29 is 9.90 Å². The molecule has 0 amide bonds. The molecular formula is C12H15NO2.